The standard InChI is InChI=1S/C20H40/c1-4-7-9-11-12-13-14-15-17-19-20(6-3)18-16-10-8-5-2/h19H,4-18H2,1-3H3/b20-19-. The Morgan fingerprint density at radius 2 is 1.10 bits per heavy atom. The minimum absolute atomic E-state index is 1.27. The summed E-state index contributed by atoms with van der Waals surface area (Å²) in [5.41, 5.74) is 1.71. The minimum Gasteiger partial charge on any atom is -0.0853 e. The van der Waals surface area contributed by atoms with Gasteiger partial charge in [-0.15, -0.1) is 0 Å². The highest BCUT2D eigenvalue weighted by molar-refractivity contribution is 5.00. The van der Waals surface area contributed by atoms with Crippen LogP contribution in [0.2, 0.25) is 0 Å². The van der Waals surface area contributed by atoms with E-state index in [1.165, 1.54) is 96.3 Å². The molecule has 0 aromatic heterocycles. The average molecular weight is 281 g/mol. The summed E-state index contributed by atoms with van der Waals surface area (Å²) >= 11 is 0. The maximum atomic E-state index is 2.54. The Kier molecular flexibility index (Phi) is 16.6. The van der Waals surface area contributed by atoms with Crippen molar-refractivity contribution in [3.05, 3.63) is 11.6 Å². The molecule has 0 aromatic rings. The van der Waals surface area contributed by atoms with Gasteiger partial charge in [0.05, 0.1) is 0 Å². The molecule has 0 saturated carbocycles. The quantitative estimate of drug-likeness (QED) is 0.212. The van der Waals surface area contributed by atoms with Crippen LogP contribution in [0.1, 0.15) is 117 Å². The molecule has 0 heterocycles. The van der Waals surface area contributed by atoms with Crippen molar-refractivity contribution in [3.63, 3.8) is 0 Å². The van der Waals surface area contributed by atoms with Crippen LogP contribution in [0.3, 0.4) is 0 Å². The number of rotatable bonds is 15. The second-order valence-corrected chi connectivity index (χ2v) is 6.29. The largest absolute Gasteiger partial charge is 0.0853 e. The second-order valence-electron chi connectivity index (χ2n) is 6.29. The molecule has 0 spiro atoms. The fourth-order valence-corrected chi connectivity index (χ4v) is 2.79. The monoisotopic (exact) mass is 280 g/mol. The predicted molar refractivity (Wildman–Crippen MR) is 94.4 cm³/mol. The maximum absolute atomic E-state index is 2.54. The van der Waals surface area contributed by atoms with Gasteiger partial charge in [0.25, 0.3) is 0 Å². The molecule has 0 rings (SSSR count). The van der Waals surface area contributed by atoms with Gasteiger partial charge >= 0.3 is 0 Å². The van der Waals surface area contributed by atoms with Gasteiger partial charge in [-0.05, 0) is 32.1 Å². The van der Waals surface area contributed by atoms with Crippen LogP contribution in [-0.2, 0) is 0 Å². The summed E-state index contributed by atoms with van der Waals surface area (Å²) in [6, 6.07) is 0. The first-order valence-electron chi connectivity index (χ1n) is 9.53. The summed E-state index contributed by atoms with van der Waals surface area (Å²) in [4.78, 5) is 0. The topological polar surface area (TPSA) is 0 Å². The summed E-state index contributed by atoms with van der Waals surface area (Å²) in [5, 5.41) is 0. The lowest BCUT2D eigenvalue weighted by molar-refractivity contribution is 0.576. The summed E-state index contributed by atoms with van der Waals surface area (Å²) in [6.07, 6.45) is 23.6. The van der Waals surface area contributed by atoms with Gasteiger partial charge < -0.3 is 0 Å². The van der Waals surface area contributed by atoms with Gasteiger partial charge in [0, 0.05) is 0 Å². The molecule has 0 aliphatic carbocycles. The number of hydrogen-bond acceptors (Lipinski definition) is 0. The summed E-state index contributed by atoms with van der Waals surface area (Å²) < 4.78 is 0. The van der Waals surface area contributed by atoms with E-state index >= 15 is 0 Å². The van der Waals surface area contributed by atoms with Gasteiger partial charge in [0.2, 0.25) is 0 Å². The van der Waals surface area contributed by atoms with Crippen LogP contribution in [0.5, 0.6) is 0 Å². The van der Waals surface area contributed by atoms with Crippen molar-refractivity contribution >= 4 is 0 Å². The van der Waals surface area contributed by atoms with Crippen LogP contribution < -0.4 is 0 Å². The van der Waals surface area contributed by atoms with E-state index in [1.54, 1.807) is 5.57 Å². The Balaban J connectivity index is 3.40. The fraction of sp³-hybridized carbons (Fsp3) is 0.900. The molecule has 0 saturated heterocycles. The van der Waals surface area contributed by atoms with E-state index in [0.717, 1.165) is 0 Å². The number of hydrogen-bond donors (Lipinski definition) is 0. The molecule has 0 unspecified atom stereocenters. The van der Waals surface area contributed by atoms with Crippen LogP contribution in [0.4, 0.5) is 0 Å². The predicted octanol–water partition coefficient (Wildman–Crippen LogP) is 7.82. The van der Waals surface area contributed by atoms with E-state index in [1.807, 2.05) is 0 Å². The van der Waals surface area contributed by atoms with Crippen molar-refractivity contribution in [2.45, 2.75) is 117 Å². The Morgan fingerprint density at radius 3 is 1.65 bits per heavy atom. The summed E-state index contributed by atoms with van der Waals surface area (Å²) in [5.74, 6) is 0. The van der Waals surface area contributed by atoms with Gasteiger partial charge in [0.15, 0.2) is 0 Å². The van der Waals surface area contributed by atoms with E-state index in [0.29, 0.717) is 0 Å². The molecular formula is C20H40. The first-order valence-corrected chi connectivity index (χ1v) is 9.53. The van der Waals surface area contributed by atoms with Crippen molar-refractivity contribution in [2.75, 3.05) is 0 Å². The van der Waals surface area contributed by atoms with Gasteiger partial charge in [-0.3, -0.25) is 0 Å². The Hall–Kier alpha value is -0.260. The van der Waals surface area contributed by atoms with Crippen LogP contribution in [0.25, 0.3) is 0 Å². The Labute approximate surface area is 129 Å². The summed E-state index contributed by atoms with van der Waals surface area (Å²) in [7, 11) is 0. The number of unbranched alkanes of at least 4 members (excludes halogenated alkanes) is 11. The number of allylic oxidation sites excluding steroid dienone is 2. The highest BCUT2D eigenvalue weighted by atomic mass is 14.0. The molecule has 0 amide bonds. The fourth-order valence-electron chi connectivity index (χ4n) is 2.79. The van der Waals surface area contributed by atoms with Crippen molar-refractivity contribution in [3.8, 4) is 0 Å². The van der Waals surface area contributed by atoms with E-state index < -0.39 is 0 Å². The van der Waals surface area contributed by atoms with Crippen LogP contribution >= 0.6 is 0 Å². The lowest BCUT2D eigenvalue weighted by atomic mass is 10.0. The SMILES string of the molecule is CCCCCCCCCC/C=C(/CC)CCCCCC. The third-order valence-electron chi connectivity index (χ3n) is 4.30. The van der Waals surface area contributed by atoms with Gasteiger partial charge in [-0.25, -0.2) is 0 Å². The van der Waals surface area contributed by atoms with E-state index in [9.17, 15) is 0 Å². The molecule has 0 radical (unpaired) electrons. The van der Waals surface area contributed by atoms with Crippen molar-refractivity contribution in [2.24, 2.45) is 0 Å². The molecular weight excluding hydrogens is 240 g/mol. The van der Waals surface area contributed by atoms with Gasteiger partial charge in [-0.2, -0.15) is 0 Å². The van der Waals surface area contributed by atoms with E-state index in [4.69, 9.17) is 0 Å². The molecule has 0 atom stereocenters. The van der Waals surface area contributed by atoms with Crippen molar-refractivity contribution in [1.29, 1.82) is 0 Å². The van der Waals surface area contributed by atoms with Crippen molar-refractivity contribution < 1.29 is 0 Å². The van der Waals surface area contributed by atoms with Gasteiger partial charge in [-0.1, -0.05) is 96.6 Å². The normalized spacial score (nSPS) is 12.1. The third kappa shape index (κ3) is 14.2. The highest BCUT2D eigenvalue weighted by Gasteiger charge is 1.96. The zero-order chi connectivity index (χ0) is 14.9. The zero-order valence-electron chi connectivity index (χ0n) is 14.7. The lowest BCUT2D eigenvalue weighted by Crippen LogP contribution is -1.85. The lowest BCUT2D eigenvalue weighted by Gasteiger charge is -2.05. The molecule has 0 aliphatic heterocycles. The Bertz CT molecular complexity index is 202. The molecule has 0 N–H and O–H groups in total. The first-order chi connectivity index (χ1) is 9.85. The maximum Gasteiger partial charge on any atom is -0.0320 e. The minimum atomic E-state index is 1.27. The molecule has 20 heavy (non-hydrogen) atoms. The van der Waals surface area contributed by atoms with Crippen LogP contribution in [-0.4, -0.2) is 0 Å². The molecule has 0 aliphatic rings. The summed E-state index contributed by atoms with van der Waals surface area (Å²) in [6.45, 7) is 6.90. The first kappa shape index (κ1) is 19.7. The molecule has 0 nitrogen and oxygen atoms in total. The van der Waals surface area contributed by atoms with Crippen molar-refractivity contribution in [1.82, 2.24) is 0 Å². The van der Waals surface area contributed by atoms with Crippen LogP contribution in [0.15, 0.2) is 11.6 Å². The highest BCUT2D eigenvalue weighted by Crippen LogP contribution is 2.16. The van der Waals surface area contributed by atoms with Gasteiger partial charge in [0.1, 0.15) is 0 Å². The average Bonchev–Trinajstić information content (AvgIpc) is 2.47. The Morgan fingerprint density at radius 1 is 0.600 bits per heavy atom. The van der Waals surface area contributed by atoms with E-state index in [-0.39, 0.29) is 0 Å². The molecule has 0 aromatic carbocycles. The molecule has 120 valence electrons. The second kappa shape index (κ2) is 16.8. The molecule has 0 fully saturated rings. The molecule has 0 heteroatoms. The molecule has 0 bridgehead atoms. The van der Waals surface area contributed by atoms with Crippen LogP contribution in [0, 0.1) is 0 Å². The third-order valence-corrected chi connectivity index (χ3v) is 4.30. The smallest absolute Gasteiger partial charge is 0.0320 e. The van der Waals surface area contributed by atoms with E-state index in [2.05, 4.69) is 26.8 Å². The zero-order valence-corrected chi connectivity index (χ0v) is 14.7.